The summed E-state index contributed by atoms with van der Waals surface area (Å²) in [6, 6.07) is 8.49. The lowest BCUT2D eigenvalue weighted by Gasteiger charge is -2.16. The van der Waals surface area contributed by atoms with Gasteiger partial charge in [-0.05, 0) is 6.42 Å². The number of nitrogens with zero attached hydrogens (tertiary/aromatic N) is 1. The predicted molar refractivity (Wildman–Crippen MR) is 72.1 cm³/mol. The Balaban J connectivity index is 2.69. The molecule has 1 aromatic rings. The number of benzene rings is 1. The Kier molecular flexibility index (Phi) is 5.50. The Morgan fingerprint density at radius 1 is 1.22 bits per heavy atom. The van der Waals surface area contributed by atoms with E-state index in [2.05, 4.69) is 0 Å². The van der Waals surface area contributed by atoms with E-state index < -0.39 is 15.8 Å². The van der Waals surface area contributed by atoms with E-state index in [4.69, 9.17) is 0 Å². The van der Waals surface area contributed by atoms with Crippen molar-refractivity contribution in [3.63, 3.8) is 0 Å². The molecule has 0 spiro atoms. The van der Waals surface area contributed by atoms with Crippen LogP contribution in [0.5, 0.6) is 0 Å². The molecule has 0 unspecified atom stereocenters. The zero-order chi connectivity index (χ0) is 13.6. The summed E-state index contributed by atoms with van der Waals surface area (Å²) in [4.78, 5) is 11.8. The molecule has 0 N–H and O–H groups in total. The predicted octanol–water partition coefficient (Wildman–Crippen LogP) is 1.93. The van der Waals surface area contributed by atoms with Gasteiger partial charge in [-0.3, -0.25) is 4.79 Å². The molecule has 0 saturated carbocycles. The SMILES string of the molecule is CCCCN(C)S(=O)(=O)CC(=O)c1ccccc1. The van der Waals surface area contributed by atoms with Crippen molar-refractivity contribution >= 4 is 15.8 Å². The molecule has 1 aromatic carbocycles. The number of carbonyl (C=O) groups excluding carboxylic acids is 1. The van der Waals surface area contributed by atoms with Crippen molar-refractivity contribution in [1.29, 1.82) is 0 Å². The van der Waals surface area contributed by atoms with Crippen molar-refractivity contribution in [3.05, 3.63) is 35.9 Å². The first kappa shape index (κ1) is 14.9. The molecule has 0 radical (unpaired) electrons. The molecular formula is C13H19NO3S. The fourth-order valence-corrected chi connectivity index (χ4v) is 2.63. The van der Waals surface area contributed by atoms with Gasteiger partial charge < -0.3 is 0 Å². The molecule has 0 atom stereocenters. The number of hydrogen-bond acceptors (Lipinski definition) is 3. The molecule has 0 fully saturated rings. The number of carbonyl (C=O) groups is 1. The molecule has 0 aliphatic carbocycles. The maximum Gasteiger partial charge on any atom is 0.221 e. The maximum atomic E-state index is 11.9. The number of rotatable bonds is 7. The van der Waals surface area contributed by atoms with Gasteiger partial charge >= 0.3 is 0 Å². The van der Waals surface area contributed by atoms with E-state index in [0.717, 1.165) is 12.8 Å². The molecule has 0 aliphatic rings. The van der Waals surface area contributed by atoms with Gasteiger partial charge in [0.15, 0.2) is 5.78 Å². The fourth-order valence-electron chi connectivity index (χ4n) is 1.50. The van der Waals surface area contributed by atoms with Crippen LogP contribution in [0.2, 0.25) is 0 Å². The molecule has 0 amide bonds. The van der Waals surface area contributed by atoms with Crippen LogP contribution in [-0.4, -0.2) is 37.9 Å². The third kappa shape index (κ3) is 4.23. The molecule has 0 bridgehead atoms. The molecule has 4 nitrogen and oxygen atoms in total. The highest BCUT2D eigenvalue weighted by atomic mass is 32.2. The molecule has 18 heavy (non-hydrogen) atoms. The van der Waals surface area contributed by atoms with E-state index in [1.54, 1.807) is 30.3 Å². The van der Waals surface area contributed by atoms with Gasteiger partial charge in [0.2, 0.25) is 10.0 Å². The van der Waals surface area contributed by atoms with Crippen LogP contribution in [0.4, 0.5) is 0 Å². The summed E-state index contributed by atoms with van der Waals surface area (Å²) in [5.74, 6) is -0.823. The van der Waals surface area contributed by atoms with E-state index in [0.29, 0.717) is 12.1 Å². The van der Waals surface area contributed by atoms with E-state index in [9.17, 15) is 13.2 Å². The lowest BCUT2D eigenvalue weighted by molar-refractivity contribution is 0.102. The van der Waals surface area contributed by atoms with Gasteiger partial charge in [0.1, 0.15) is 5.75 Å². The zero-order valence-corrected chi connectivity index (χ0v) is 11.6. The molecule has 5 heteroatoms. The van der Waals surface area contributed by atoms with E-state index in [1.165, 1.54) is 11.4 Å². The Morgan fingerprint density at radius 2 is 1.83 bits per heavy atom. The van der Waals surface area contributed by atoms with E-state index >= 15 is 0 Å². The number of unbranched alkanes of at least 4 members (excludes halogenated alkanes) is 1. The minimum absolute atomic E-state index is 0.362. The standard InChI is InChI=1S/C13H19NO3S/c1-3-4-10-14(2)18(16,17)11-13(15)12-8-6-5-7-9-12/h5-9H,3-4,10-11H2,1-2H3. The summed E-state index contributed by atoms with van der Waals surface area (Å²) in [5, 5.41) is 0. The lowest BCUT2D eigenvalue weighted by Crippen LogP contribution is -2.33. The minimum atomic E-state index is -3.50. The van der Waals surface area contributed by atoms with Crippen molar-refractivity contribution in [2.75, 3.05) is 19.3 Å². The summed E-state index contributed by atoms with van der Waals surface area (Å²) >= 11 is 0. The fraction of sp³-hybridized carbons (Fsp3) is 0.462. The minimum Gasteiger partial charge on any atom is -0.293 e. The first-order valence-corrected chi connectivity index (χ1v) is 7.60. The Bertz CT molecular complexity index is 482. The van der Waals surface area contributed by atoms with Crippen molar-refractivity contribution < 1.29 is 13.2 Å². The number of sulfonamides is 1. The molecule has 0 aromatic heterocycles. The average molecular weight is 269 g/mol. The Labute approximate surface area is 109 Å². The van der Waals surface area contributed by atoms with Gasteiger partial charge in [0.25, 0.3) is 0 Å². The third-order valence-corrected chi connectivity index (χ3v) is 4.47. The zero-order valence-electron chi connectivity index (χ0n) is 10.8. The highest BCUT2D eigenvalue weighted by Crippen LogP contribution is 2.06. The van der Waals surface area contributed by atoms with Crippen molar-refractivity contribution in [1.82, 2.24) is 4.31 Å². The van der Waals surface area contributed by atoms with Gasteiger partial charge in [-0.1, -0.05) is 43.7 Å². The smallest absolute Gasteiger partial charge is 0.221 e. The van der Waals surface area contributed by atoms with Crippen LogP contribution in [0.1, 0.15) is 30.1 Å². The first-order valence-electron chi connectivity index (χ1n) is 5.99. The quantitative estimate of drug-likeness (QED) is 0.711. The van der Waals surface area contributed by atoms with Gasteiger partial charge in [-0.15, -0.1) is 0 Å². The van der Waals surface area contributed by atoms with Crippen molar-refractivity contribution in [2.24, 2.45) is 0 Å². The summed E-state index contributed by atoms with van der Waals surface area (Å²) < 4.78 is 25.1. The molecule has 0 saturated heterocycles. The molecule has 1 rings (SSSR count). The second kappa shape index (κ2) is 6.66. The first-order chi connectivity index (χ1) is 8.47. The van der Waals surface area contributed by atoms with E-state index in [1.807, 2.05) is 6.92 Å². The summed E-state index contributed by atoms with van der Waals surface area (Å²) in [7, 11) is -1.98. The molecular weight excluding hydrogens is 250 g/mol. The van der Waals surface area contributed by atoms with Gasteiger partial charge in [-0.2, -0.15) is 0 Å². The highest BCUT2D eigenvalue weighted by molar-refractivity contribution is 7.89. The van der Waals surface area contributed by atoms with Gasteiger partial charge in [-0.25, -0.2) is 12.7 Å². The molecule has 0 heterocycles. The number of hydrogen-bond donors (Lipinski definition) is 0. The van der Waals surface area contributed by atoms with Crippen LogP contribution >= 0.6 is 0 Å². The van der Waals surface area contributed by atoms with E-state index in [-0.39, 0.29) is 5.78 Å². The highest BCUT2D eigenvalue weighted by Gasteiger charge is 2.22. The molecule has 0 aliphatic heterocycles. The third-order valence-electron chi connectivity index (χ3n) is 2.71. The topological polar surface area (TPSA) is 54.5 Å². The Morgan fingerprint density at radius 3 is 2.39 bits per heavy atom. The second-order valence-corrected chi connectivity index (χ2v) is 6.30. The lowest BCUT2D eigenvalue weighted by atomic mass is 10.2. The van der Waals surface area contributed by atoms with Crippen LogP contribution < -0.4 is 0 Å². The number of Topliss-reactive ketones (excluding diaryl/α,β-unsaturated/α-hetero) is 1. The van der Waals surface area contributed by atoms with Gasteiger partial charge in [0.05, 0.1) is 0 Å². The normalized spacial score (nSPS) is 11.7. The summed E-state index contributed by atoms with van der Waals surface area (Å²) in [6.07, 6.45) is 1.72. The summed E-state index contributed by atoms with van der Waals surface area (Å²) in [6.45, 7) is 2.45. The van der Waals surface area contributed by atoms with Crippen LogP contribution in [0.3, 0.4) is 0 Å². The van der Waals surface area contributed by atoms with Gasteiger partial charge in [0, 0.05) is 19.2 Å². The van der Waals surface area contributed by atoms with Crippen molar-refractivity contribution in [2.45, 2.75) is 19.8 Å². The second-order valence-electron chi connectivity index (χ2n) is 4.22. The van der Waals surface area contributed by atoms with Crippen molar-refractivity contribution in [3.8, 4) is 0 Å². The Hall–Kier alpha value is -1.20. The van der Waals surface area contributed by atoms with Crippen LogP contribution in [0.15, 0.2) is 30.3 Å². The maximum absolute atomic E-state index is 11.9. The van der Waals surface area contributed by atoms with Crippen LogP contribution in [0.25, 0.3) is 0 Å². The average Bonchev–Trinajstić information content (AvgIpc) is 2.36. The monoisotopic (exact) mass is 269 g/mol. The number of ketones is 1. The van der Waals surface area contributed by atoms with Crippen LogP contribution in [-0.2, 0) is 10.0 Å². The van der Waals surface area contributed by atoms with Crippen LogP contribution in [0, 0.1) is 0 Å². The molecule has 100 valence electrons. The summed E-state index contributed by atoms with van der Waals surface area (Å²) in [5.41, 5.74) is 0.435. The largest absolute Gasteiger partial charge is 0.293 e.